The van der Waals surface area contributed by atoms with Crippen molar-refractivity contribution in [1.82, 2.24) is 0 Å². The average molecular weight is 382 g/mol. The second-order valence-electron chi connectivity index (χ2n) is 4.33. The normalized spacial score (nSPS) is 10.0. The third-order valence-corrected chi connectivity index (χ3v) is 4.29. The zero-order valence-corrected chi connectivity index (χ0v) is 14.0. The Hall–Kier alpha value is -1.35. The quantitative estimate of drug-likeness (QED) is 0.620. The van der Waals surface area contributed by atoms with Crippen molar-refractivity contribution >= 4 is 27.5 Å². The summed E-state index contributed by atoms with van der Waals surface area (Å²) in [7, 11) is 0. The lowest BCUT2D eigenvalue weighted by Gasteiger charge is -1.99. The minimum Gasteiger partial charge on any atom is -1.00 e. The van der Waals surface area contributed by atoms with E-state index in [9.17, 15) is 0 Å². The summed E-state index contributed by atoms with van der Waals surface area (Å²) in [6.45, 7) is 0. The molecule has 4 heteroatoms. The molecule has 1 aromatic heterocycles. The van der Waals surface area contributed by atoms with Gasteiger partial charge in [0, 0.05) is 0 Å². The molecular weight excluding hydrogens is 371 g/mol. The Bertz CT molecular complexity index is 731. The van der Waals surface area contributed by atoms with Crippen LogP contribution in [-0.4, -0.2) is 0 Å². The van der Waals surface area contributed by atoms with Gasteiger partial charge in [0.05, 0.1) is 22.2 Å². The first-order valence-electron chi connectivity index (χ1n) is 6.18. The summed E-state index contributed by atoms with van der Waals surface area (Å²) in [5, 5.41) is 0.633. The molecule has 0 aliphatic rings. The lowest BCUT2D eigenvalue weighted by atomic mass is 10.1. The Morgan fingerprint density at radius 3 is 1.90 bits per heavy atom. The van der Waals surface area contributed by atoms with Crippen LogP contribution in [0.2, 0.25) is 5.02 Å². The van der Waals surface area contributed by atoms with Crippen molar-refractivity contribution in [3.05, 3.63) is 76.2 Å². The zero-order valence-electron chi connectivity index (χ0n) is 10.9. The Labute approximate surface area is 143 Å². The number of halogens is 3. The fourth-order valence-corrected chi connectivity index (χ4v) is 2.60. The largest absolute Gasteiger partial charge is 1.00 e. The molecule has 0 radical (unpaired) electrons. The lowest BCUT2D eigenvalue weighted by Crippen LogP contribution is -3.00. The molecule has 1 heterocycles. The highest BCUT2D eigenvalue weighted by molar-refractivity contribution is 9.10. The predicted molar refractivity (Wildman–Crippen MR) is 86.7 cm³/mol. The molecule has 106 valence electrons. The van der Waals surface area contributed by atoms with E-state index in [1.807, 2.05) is 66.7 Å². The van der Waals surface area contributed by atoms with Gasteiger partial charge in [-0.2, -0.15) is 0 Å². The Morgan fingerprint density at radius 1 is 0.810 bits per heavy atom. The molecule has 3 rings (SSSR count). The van der Waals surface area contributed by atoms with Gasteiger partial charge in [-0.25, -0.2) is 4.42 Å². The van der Waals surface area contributed by atoms with Crippen molar-refractivity contribution in [2.24, 2.45) is 0 Å². The summed E-state index contributed by atoms with van der Waals surface area (Å²) in [5.74, 6) is 1.48. The van der Waals surface area contributed by atoms with E-state index in [0.717, 1.165) is 27.1 Å². The van der Waals surface area contributed by atoms with Crippen molar-refractivity contribution < 1.29 is 16.8 Å². The van der Waals surface area contributed by atoms with Crippen molar-refractivity contribution in [1.29, 1.82) is 0 Å². The van der Waals surface area contributed by atoms with Crippen molar-refractivity contribution in [2.75, 3.05) is 0 Å². The van der Waals surface area contributed by atoms with Crippen LogP contribution >= 0.6 is 27.5 Å². The topological polar surface area (TPSA) is 11.3 Å². The molecular formula is C17H11BrCl2O. The van der Waals surface area contributed by atoms with Gasteiger partial charge in [-0.15, -0.1) is 0 Å². The minimum absolute atomic E-state index is 0. The highest BCUT2D eigenvalue weighted by Crippen LogP contribution is 2.38. The first kappa shape index (κ1) is 16.0. The molecule has 1 nitrogen and oxygen atoms in total. The fraction of sp³-hybridized carbons (Fsp3) is 0. The molecule has 0 atom stereocenters. The van der Waals surface area contributed by atoms with Crippen LogP contribution in [0, 0.1) is 0 Å². The van der Waals surface area contributed by atoms with Crippen molar-refractivity contribution in [3.8, 4) is 22.6 Å². The summed E-state index contributed by atoms with van der Waals surface area (Å²) < 4.78 is 6.80. The standard InChI is InChI=1S/C17H11BrClO.ClH/c18-16-14(19)11-15(12-7-3-1-4-8-12)20-17(16)13-9-5-2-6-10-13;/h1-11H;1H/q+1;/p-1. The Kier molecular flexibility index (Phi) is 5.40. The monoisotopic (exact) mass is 380 g/mol. The van der Waals surface area contributed by atoms with Gasteiger partial charge in [-0.1, -0.05) is 48.0 Å². The molecule has 0 aliphatic carbocycles. The maximum absolute atomic E-state index is 6.31. The van der Waals surface area contributed by atoms with E-state index in [1.54, 1.807) is 0 Å². The molecule has 2 aromatic carbocycles. The second-order valence-corrected chi connectivity index (χ2v) is 5.53. The van der Waals surface area contributed by atoms with Crippen LogP contribution in [0.3, 0.4) is 0 Å². The summed E-state index contributed by atoms with van der Waals surface area (Å²) in [4.78, 5) is 0. The number of hydrogen-bond acceptors (Lipinski definition) is 0. The van der Waals surface area contributed by atoms with Gasteiger partial charge in [-0.05, 0) is 40.2 Å². The molecule has 0 unspecified atom stereocenters. The number of rotatable bonds is 2. The van der Waals surface area contributed by atoms with Crippen molar-refractivity contribution in [2.45, 2.75) is 0 Å². The van der Waals surface area contributed by atoms with E-state index in [0.29, 0.717) is 5.02 Å². The van der Waals surface area contributed by atoms with Crippen molar-refractivity contribution in [3.63, 3.8) is 0 Å². The molecule has 3 aromatic rings. The van der Waals surface area contributed by atoms with Crippen LogP contribution in [0.4, 0.5) is 0 Å². The number of benzene rings is 2. The first-order valence-corrected chi connectivity index (χ1v) is 7.36. The van der Waals surface area contributed by atoms with Crippen LogP contribution in [0.15, 0.2) is 75.6 Å². The molecule has 0 spiro atoms. The summed E-state index contributed by atoms with van der Waals surface area (Å²) >= 11 is 9.81. The van der Waals surface area contributed by atoms with E-state index in [-0.39, 0.29) is 12.4 Å². The molecule has 0 N–H and O–H groups in total. The second kappa shape index (κ2) is 7.08. The average Bonchev–Trinajstić information content (AvgIpc) is 2.51. The van der Waals surface area contributed by atoms with Crippen LogP contribution in [0.25, 0.3) is 22.6 Å². The molecule has 0 bridgehead atoms. The third-order valence-electron chi connectivity index (χ3n) is 2.97. The SMILES string of the molecule is Clc1cc(-c2ccccc2)[o+]c(-c2ccccc2)c1Br.[Cl-]. The molecule has 21 heavy (non-hydrogen) atoms. The maximum Gasteiger partial charge on any atom is 0.376 e. The smallest absolute Gasteiger partial charge is 0.376 e. The first-order chi connectivity index (χ1) is 9.75. The number of hydrogen-bond donors (Lipinski definition) is 0. The summed E-state index contributed by atoms with van der Waals surface area (Å²) in [6, 6.07) is 21.7. The maximum atomic E-state index is 6.31. The Morgan fingerprint density at radius 2 is 1.33 bits per heavy atom. The van der Waals surface area contributed by atoms with E-state index in [2.05, 4.69) is 15.9 Å². The lowest BCUT2D eigenvalue weighted by molar-refractivity contribution is -0.00000418. The van der Waals surface area contributed by atoms with Crippen LogP contribution < -0.4 is 12.4 Å². The molecule has 0 fully saturated rings. The van der Waals surface area contributed by atoms with Crippen LogP contribution in [-0.2, 0) is 0 Å². The zero-order chi connectivity index (χ0) is 13.9. The van der Waals surface area contributed by atoms with E-state index < -0.39 is 0 Å². The minimum atomic E-state index is 0. The third kappa shape index (κ3) is 3.46. The highest BCUT2D eigenvalue weighted by atomic mass is 79.9. The highest BCUT2D eigenvalue weighted by Gasteiger charge is 2.24. The molecule has 0 saturated carbocycles. The van der Waals surface area contributed by atoms with Gasteiger partial charge in [0.15, 0.2) is 0 Å². The van der Waals surface area contributed by atoms with E-state index >= 15 is 0 Å². The molecule has 0 amide bonds. The molecule has 0 aliphatic heterocycles. The van der Waals surface area contributed by atoms with Gasteiger partial charge >= 0.3 is 11.5 Å². The van der Waals surface area contributed by atoms with Crippen LogP contribution in [0.5, 0.6) is 0 Å². The predicted octanol–water partition coefficient (Wildman–Crippen LogP) is 3.31. The molecule has 0 saturated heterocycles. The fourth-order valence-electron chi connectivity index (χ4n) is 1.99. The van der Waals surface area contributed by atoms with E-state index in [4.69, 9.17) is 16.0 Å². The van der Waals surface area contributed by atoms with Gasteiger partial charge in [0.2, 0.25) is 0 Å². The summed E-state index contributed by atoms with van der Waals surface area (Å²) in [5.41, 5.74) is 1.98. The van der Waals surface area contributed by atoms with E-state index in [1.165, 1.54) is 0 Å². The van der Waals surface area contributed by atoms with Gasteiger partial charge in [-0.3, -0.25) is 0 Å². The van der Waals surface area contributed by atoms with Crippen LogP contribution in [0.1, 0.15) is 0 Å². The van der Waals surface area contributed by atoms with Gasteiger partial charge in [0.25, 0.3) is 0 Å². The Balaban J connectivity index is 0.00000161. The van der Waals surface area contributed by atoms with Gasteiger partial charge < -0.3 is 12.4 Å². The van der Waals surface area contributed by atoms with Gasteiger partial charge in [0.1, 0.15) is 4.47 Å². The summed E-state index contributed by atoms with van der Waals surface area (Å²) in [6.07, 6.45) is 0.